The summed E-state index contributed by atoms with van der Waals surface area (Å²) in [6.07, 6.45) is 0. The highest BCUT2D eigenvalue weighted by Crippen LogP contribution is 2.29. The standard InChI is InChI=1S/C23H22Cl2N2O3S/c1-16-6-10-18(11-7-16)14-27(31(29,30)19-12-8-17(2)9-13-19)15-22(28)26-21-5-3-4-20(24)23(21)25/h3-13H,14-15H2,1-2H3,(H,26,28). The molecule has 5 nitrogen and oxygen atoms in total. The summed E-state index contributed by atoms with van der Waals surface area (Å²) in [6, 6.07) is 18.9. The van der Waals surface area contributed by atoms with E-state index < -0.39 is 15.9 Å². The SMILES string of the molecule is Cc1ccc(CN(CC(=O)Nc2cccc(Cl)c2Cl)S(=O)(=O)c2ccc(C)cc2)cc1. The Kier molecular flexibility index (Phi) is 7.38. The number of rotatable bonds is 7. The predicted octanol–water partition coefficient (Wildman–Crippen LogP) is 5.44. The van der Waals surface area contributed by atoms with E-state index in [1.54, 1.807) is 42.5 Å². The van der Waals surface area contributed by atoms with E-state index >= 15 is 0 Å². The number of hydrogen-bond acceptors (Lipinski definition) is 3. The maximum Gasteiger partial charge on any atom is 0.243 e. The average molecular weight is 477 g/mol. The van der Waals surface area contributed by atoms with Crippen LogP contribution in [0.4, 0.5) is 5.69 Å². The quantitative estimate of drug-likeness (QED) is 0.493. The summed E-state index contributed by atoms with van der Waals surface area (Å²) in [5, 5.41) is 3.14. The lowest BCUT2D eigenvalue weighted by Crippen LogP contribution is -2.37. The Labute approximate surface area is 192 Å². The fourth-order valence-electron chi connectivity index (χ4n) is 2.93. The Morgan fingerprint density at radius 3 is 2.10 bits per heavy atom. The van der Waals surface area contributed by atoms with Crippen molar-refractivity contribution in [2.24, 2.45) is 0 Å². The zero-order valence-electron chi connectivity index (χ0n) is 17.1. The van der Waals surface area contributed by atoms with Gasteiger partial charge >= 0.3 is 0 Å². The van der Waals surface area contributed by atoms with E-state index in [9.17, 15) is 13.2 Å². The monoisotopic (exact) mass is 476 g/mol. The molecule has 3 aromatic rings. The molecule has 0 aliphatic carbocycles. The number of carbonyl (C=O) groups excluding carboxylic acids is 1. The van der Waals surface area contributed by atoms with Gasteiger partial charge in [-0.3, -0.25) is 4.79 Å². The molecule has 0 radical (unpaired) electrons. The molecule has 0 bridgehead atoms. The molecule has 0 unspecified atom stereocenters. The van der Waals surface area contributed by atoms with Crippen LogP contribution in [0.2, 0.25) is 10.0 Å². The number of amides is 1. The Hall–Kier alpha value is -2.38. The van der Waals surface area contributed by atoms with Crippen molar-refractivity contribution >= 4 is 44.8 Å². The third kappa shape index (κ3) is 5.86. The summed E-state index contributed by atoms with van der Waals surface area (Å²) in [6.45, 7) is 3.50. The van der Waals surface area contributed by atoms with Crippen molar-refractivity contribution in [1.29, 1.82) is 0 Å². The first-order chi connectivity index (χ1) is 14.7. The van der Waals surface area contributed by atoms with Gasteiger partial charge in [-0.2, -0.15) is 4.31 Å². The van der Waals surface area contributed by atoms with Crippen LogP contribution < -0.4 is 5.32 Å². The Morgan fingerprint density at radius 1 is 0.903 bits per heavy atom. The van der Waals surface area contributed by atoms with Gasteiger partial charge in [0.25, 0.3) is 0 Å². The number of sulfonamides is 1. The van der Waals surface area contributed by atoms with Crippen LogP contribution in [0.25, 0.3) is 0 Å². The highest BCUT2D eigenvalue weighted by atomic mass is 35.5. The van der Waals surface area contributed by atoms with E-state index in [2.05, 4.69) is 5.32 Å². The number of aryl methyl sites for hydroxylation is 2. The van der Waals surface area contributed by atoms with Crippen LogP contribution in [0.15, 0.2) is 71.6 Å². The Bertz CT molecular complexity index is 1180. The van der Waals surface area contributed by atoms with Crippen LogP contribution in [0.3, 0.4) is 0 Å². The average Bonchev–Trinajstić information content (AvgIpc) is 2.73. The van der Waals surface area contributed by atoms with E-state index in [0.29, 0.717) is 10.7 Å². The second-order valence-electron chi connectivity index (χ2n) is 7.22. The molecule has 0 aliphatic heterocycles. The highest BCUT2D eigenvalue weighted by Gasteiger charge is 2.27. The van der Waals surface area contributed by atoms with Gasteiger partial charge in [-0.25, -0.2) is 8.42 Å². The summed E-state index contributed by atoms with van der Waals surface area (Å²) in [5.41, 5.74) is 3.10. The molecule has 162 valence electrons. The zero-order chi connectivity index (χ0) is 22.6. The maximum absolute atomic E-state index is 13.3. The fraction of sp³-hybridized carbons (Fsp3) is 0.174. The van der Waals surface area contributed by atoms with Gasteiger partial charge in [-0.15, -0.1) is 0 Å². The lowest BCUT2D eigenvalue weighted by molar-refractivity contribution is -0.116. The van der Waals surface area contributed by atoms with E-state index in [1.165, 1.54) is 0 Å². The van der Waals surface area contributed by atoms with Crippen LogP contribution in [-0.2, 0) is 21.4 Å². The van der Waals surface area contributed by atoms with Crippen molar-refractivity contribution in [3.8, 4) is 0 Å². The van der Waals surface area contributed by atoms with Crippen LogP contribution >= 0.6 is 23.2 Å². The lowest BCUT2D eigenvalue weighted by atomic mass is 10.1. The van der Waals surface area contributed by atoms with E-state index in [4.69, 9.17) is 23.2 Å². The topological polar surface area (TPSA) is 66.5 Å². The first kappa shape index (κ1) is 23.3. The molecular formula is C23H22Cl2N2O3S. The minimum atomic E-state index is -3.92. The molecule has 8 heteroatoms. The lowest BCUT2D eigenvalue weighted by Gasteiger charge is -2.22. The molecule has 0 saturated carbocycles. The van der Waals surface area contributed by atoms with Gasteiger partial charge in [0.05, 0.1) is 27.2 Å². The third-order valence-electron chi connectivity index (χ3n) is 4.68. The summed E-state index contributed by atoms with van der Waals surface area (Å²) >= 11 is 12.1. The van der Waals surface area contributed by atoms with E-state index in [0.717, 1.165) is 21.0 Å². The number of anilines is 1. The smallest absolute Gasteiger partial charge is 0.243 e. The Balaban J connectivity index is 1.89. The maximum atomic E-state index is 13.3. The molecule has 0 spiro atoms. The zero-order valence-corrected chi connectivity index (χ0v) is 19.4. The molecule has 0 saturated heterocycles. The third-order valence-corrected chi connectivity index (χ3v) is 7.31. The largest absolute Gasteiger partial charge is 0.324 e. The first-order valence-electron chi connectivity index (χ1n) is 9.53. The van der Waals surface area contributed by atoms with Crippen molar-refractivity contribution in [2.45, 2.75) is 25.3 Å². The summed E-state index contributed by atoms with van der Waals surface area (Å²) in [7, 11) is -3.92. The molecule has 0 atom stereocenters. The van der Waals surface area contributed by atoms with Gasteiger partial charge in [-0.1, -0.05) is 76.8 Å². The number of carbonyl (C=O) groups is 1. The molecule has 0 aromatic heterocycles. The van der Waals surface area contributed by atoms with E-state index in [1.807, 2.05) is 38.1 Å². The van der Waals surface area contributed by atoms with Crippen LogP contribution in [0, 0.1) is 13.8 Å². The number of hydrogen-bond donors (Lipinski definition) is 1. The van der Waals surface area contributed by atoms with Gasteiger partial charge in [-0.05, 0) is 43.7 Å². The van der Waals surface area contributed by atoms with Crippen molar-refractivity contribution in [1.82, 2.24) is 4.31 Å². The van der Waals surface area contributed by atoms with Crippen LogP contribution in [0.5, 0.6) is 0 Å². The number of halogens is 2. The summed E-state index contributed by atoms with van der Waals surface area (Å²) in [4.78, 5) is 12.9. The molecule has 1 amide bonds. The number of nitrogens with zero attached hydrogens (tertiary/aromatic N) is 1. The number of nitrogens with one attached hydrogen (secondary N) is 1. The van der Waals surface area contributed by atoms with Gasteiger partial charge in [0.2, 0.25) is 15.9 Å². The minimum Gasteiger partial charge on any atom is -0.324 e. The van der Waals surface area contributed by atoms with Crippen molar-refractivity contribution in [3.05, 3.63) is 93.5 Å². The summed E-state index contributed by atoms with van der Waals surface area (Å²) < 4.78 is 27.8. The molecule has 0 aliphatic rings. The van der Waals surface area contributed by atoms with Gasteiger partial charge < -0.3 is 5.32 Å². The molecule has 0 fully saturated rings. The van der Waals surface area contributed by atoms with Crippen LogP contribution in [0.1, 0.15) is 16.7 Å². The predicted molar refractivity (Wildman–Crippen MR) is 125 cm³/mol. The number of benzene rings is 3. The molecule has 31 heavy (non-hydrogen) atoms. The molecule has 3 rings (SSSR count). The van der Waals surface area contributed by atoms with Crippen molar-refractivity contribution in [2.75, 3.05) is 11.9 Å². The normalized spacial score (nSPS) is 11.5. The van der Waals surface area contributed by atoms with Gasteiger partial charge in [0.1, 0.15) is 0 Å². The molecular weight excluding hydrogens is 455 g/mol. The first-order valence-corrected chi connectivity index (χ1v) is 11.7. The molecule has 3 aromatic carbocycles. The fourth-order valence-corrected chi connectivity index (χ4v) is 4.66. The summed E-state index contributed by atoms with van der Waals surface area (Å²) in [5.74, 6) is -0.521. The van der Waals surface area contributed by atoms with Crippen LogP contribution in [-0.4, -0.2) is 25.2 Å². The second-order valence-corrected chi connectivity index (χ2v) is 9.94. The molecule has 1 N–H and O–H groups in total. The van der Waals surface area contributed by atoms with Crippen molar-refractivity contribution < 1.29 is 13.2 Å². The Morgan fingerprint density at radius 2 is 1.48 bits per heavy atom. The van der Waals surface area contributed by atoms with Crippen molar-refractivity contribution in [3.63, 3.8) is 0 Å². The minimum absolute atomic E-state index is 0.0488. The molecule has 0 heterocycles. The van der Waals surface area contributed by atoms with E-state index in [-0.39, 0.29) is 23.0 Å². The second kappa shape index (κ2) is 9.83. The van der Waals surface area contributed by atoms with Gasteiger partial charge in [0.15, 0.2) is 0 Å². The highest BCUT2D eigenvalue weighted by molar-refractivity contribution is 7.89. The van der Waals surface area contributed by atoms with Gasteiger partial charge in [0, 0.05) is 6.54 Å².